The summed E-state index contributed by atoms with van der Waals surface area (Å²) in [7, 11) is 0. The molecular weight excluding hydrogens is 332 g/mol. The summed E-state index contributed by atoms with van der Waals surface area (Å²) in [5, 5.41) is 13.7. The summed E-state index contributed by atoms with van der Waals surface area (Å²) in [6, 6.07) is 22.8. The van der Waals surface area contributed by atoms with E-state index in [1.54, 1.807) is 4.52 Å². The maximum Gasteiger partial charge on any atom is 0.185 e. The zero-order chi connectivity index (χ0) is 17.1. The van der Waals surface area contributed by atoms with Crippen LogP contribution in [-0.2, 0) is 0 Å². The third-order valence-electron chi connectivity index (χ3n) is 3.72. The van der Waals surface area contributed by atoms with Crippen LogP contribution in [0.2, 0.25) is 0 Å². The topological polar surface area (TPSA) is 60.2 Å². The fraction of sp³-hybridized carbons (Fsp3) is 0.0526. The molecule has 6 heteroatoms. The number of rotatable bonds is 5. The summed E-state index contributed by atoms with van der Waals surface area (Å²) in [6.07, 6.45) is 0. The molecule has 0 N–H and O–H groups in total. The van der Waals surface area contributed by atoms with E-state index in [9.17, 15) is 4.79 Å². The van der Waals surface area contributed by atoms with Crippen LogP contribution in [0.4, 0.5) is 0 Å². The number of aromatic nitrogens is 4. The van der Waals surface area contributed by atoms with E-state index in [4.69, 9.17) is 0 Å². The minimum atomic E-state index is 0.0829. The van der Waals surface area contributed by atoms with Crippen LogP contribution in [0.1, 0.15) is 10.4 Å². The number of thioether (sulfide) groups is 1. The molecule has 122 valence electrons. The Balaban J connectivity index is 1.58. The second-order valence-electron chi connectivity index (χ2n) is 5.41. The van der Waals surface area contributed by atoms with E-state index in [2.05, 4.69) is 15.3 Å². The normalized spacial score (nSPS) is 10.9. The average Bonchev–Trinajstić information content (AvgIpc) is 3.10. The molecule has 0 saturated carbocycles. The molecule has 0 radical (unpaired) electrons. The Hall–Kier alpha value is -2.99. The lowest BCUT2D eigenvalue weighted by Crippen LogP contribution is -2.03. The van der Waals surface area contributed by atoms with Gasteiger partial charge in [0, 0.05) is 11.1 Å². The summed E-state index contributed by atoms with van der Waals surface area (Å²) in [5.41, 5.74) is 2.34. The van der Waals surface area contributed by atoms with E-state index < -0.39 is 0 Å². The van der Waals surface area contributed by atoms with Crippen molar-refractivity contribution < 1.29 is 4.79 Å². The largest absolute Gasteiger partial charge is 0.293 e. The van der Waals surface area contributed by atoms with Gasteiger partial charge < -0.3 is 0 Å². The minimum absolute atomic E-state index is 0.0829. The van der Waals surface area contributed by atoms with E-state index >= 15 is 0 Å². The third kappa shape index (κ3) is 3.29. The van der Waals surface area contributed by atoms with Gasteiger partial charge in [0.15, 0.2) is 17.3 Å². The van der Waals surface area contributed by atoms with E-state index in [1.165, 1.54) is 11.8 Å². The average molecular weight is 346 g/mol. The summed E-state index contributed by atoms with van der Waals surface area (Å²) in [6.45, 7) is 0. The molecule has 0 spiro atoms. The van der Waals surface area contributed by atoms with Gasteiger partial charge in [0.2, 0.25) is 0 Å². The van der Waals surface area contributed by atoms with Crippen LogP contribution in [0.15, 0.2) is 77.8 Å². The number of carbonyl (C=O) groups is 1. The lowest BCUT2D eigenvalue weighted by Gasteiger charge is -2.03. The number of fused-ring (bicyclic) bond motifs is 1. The molecule has 0 unspecified atom stereocenters. The predicted molar refractivity (Wildman–Crippen MR) is 97.7 cm³/mol. The van der Waals surface area contributed by atoms with Crippen LogP contribution in [0, 0.1) is 0 Å². The molecule has 0 atom stereocenters. The smallest absolute Gasteiger partial charge is 0.185 e. The summed E-state index contributed by atoms with van der Waals surface area (Å²) in [4.78, 5) is 12.2. The fourth-order valence-corrected chi connectivity index (χ4v) is 3.21. The predicted octanol–water partition coefficient (Wildman–Crippen LogP) is 3.77. The fourth-order valence-electron chi connectivity index (χ4n) is 2.46. The monoisotopic (exact) mass is 346 g/mol. The van der Waals surface area contributed by atoms with Crippen LogP contribution in [0.25, 0.3) is 17.0 Å². The molecule has 0 amide bonds. The van der Waals surface area contributed by atoms with Crippen molar-refractivity contribution in [3.05, 3.63) is 78.4 Å². The maximum atomic E-state index is 12.2. The Bertz CT molecular complexity index is 1020. The molecule has 25 heavy (non-hydrogen) atoms. The molecule has 0 aliphatic heterocycles. The van der Waals surface area contributed by atoms with E-state index in [0.717, 1.165) is 10.6 Å². The van der Waals surface area contributed by atoms with Crippen molar-refractivity contribution in [3.63, 3.8) is 0 Å². The van der Waals surface area contributed by atoms with Gasteiger partial charge in [-0.25, -0.2) is 0 Å². The van der Waals surface area contributed by atoms with Crippen molar-refractivity contribution in [1.29, 1.82) is 0 Å². The van der Waals surface area contributed by atoms with Crippen molar-refractivity contribution in [2.24, 2.45) is 0 Å². The molecule has 0 aliphatic carbocycles. The van der Waals surface area contributed by atoms with Gasteiger partial charge in [-0.15, -0.1) is 10.2 Å². The van der Waals surface area contributed by atoms with Crippen molar-refractivity contribution in [1.82, 2.24) is 19.8 Å². The Morgan fingerprint density at radius 1 is 0.880 bits per heavy atom. The van der Waals surface area contributed by atoms with Gasteiger partial charge >= 0.3 is 0 Å². The van der Waals surface area contributed by atoms with Crippen molar-refractivity contribution >= 4 is 23.2 Å². The van der Waals surface area contributed by atoms with Gasteiger partial charge in [-0.1, -0.05) is 72.4 Å². The third-order valence-corrected chi connectivity index (χ3v) is 4.64. The van der Waals surface area contributed by atoms with E-state index in [-0.39, 0.29) is 5.78 Å². The van der Waals surface area contributed by atoms with Crippen molar-refractivity contribution in [3.8, 4) is 11.4 Å². The summed E-state index contributed by atoms with van der Waals surface area (Å²) < 4.78 is 1.71. The standard InChI is InChI=1S/C19H14N4OS/c24-16(14-7-3-1-4-8-14)13-25-18-12-11-17-20-21-19(23(17)22-18)15-9-5-2-6-10-15/h1-12H,13H2. The molecule has 2 aromatic heterocycles. The molecule has 4 aromatic rings. The van der Waals surface area contributed by atoms with Crippen molar-refractivity contribution in [2.75, 3.05) is 5.75 Å². The number of carbonyl (C=O) groups excluding carboxylic acids is 1. The number of Topliss-reactive ketones (excluding diaryl/α,β-unsaturated/α-hetero) is 1. The highest BCUT2D eigenvalue weighted by atomic mass is 32.2. The molecule has 5 nitrogen and oxygen atoms in total. The lowest BCUT2D eigenvalue weighted by molar-refractivity contribution is 0.102. The minimum Gasteiger partial charge on any atom is -0.293 e. The Morgan fingerprint density at radius 2 is 1.60 bits per heavy atom. The summed E-state index contributed by atoms with van der Waals surface area (Å²) >= 11 is 1.41. The molecule has 4 rings (SSSR count). The number of ketones is 1. The highest BCUT2D eigenvalue weighted by Crippen LogP contribution is 2.21. The molecule has 0 fully saturated rings. The van der Waals surface area contributed by atoms with Crippen LogP contribution in [0.5, 0.6) is 0 Å². The Labute approximate surface area is 148 Å². The van der Waals surface area contributed by atoms with E-state index in [0.29, 0.717) is 22.8 Å². The van der Waals surface area contributed by atoms with Crippen LogP contribution >= 0.6 is 11.8 Å². The maximum absolute atomic E-state index is 12.2. The number of hydrogen-bond donors (Lipinski definition) is 0. The van der Waals surface area contributed by atoms with Crippen LogP contribution in [0.3, 0.4) is 0 Å². The van der Waals surface area contributed by atoms with Gasteiger partial charge in [-0.05, 0) is 12.1 Å². The van der Waals surface area contributed by atoms with Gasteiger partial charge in [0.05, 0.1) is 5.75 Å². The SMILES string of the molecule is O=C(CSc1ccc2nnc(-c3ccccc3)n2n1)c1ccccc1. The number of nitrogens with zero attached hydrogens (tertiary/aromatic N) is 4. The van der Waals surface area contributed by atoms with Gasteiger partial charge in [0.25, 0.3) is 0 Å². The first-order valence-corrected chi connectivity index (χ1v) is 8.79. The van der Waals surface area contributed by atoms with Gasteiger partial charge in [0.1, 0.15) is 5.03 Å². The highest BCUT2D eigenvalue weighted by Gasteiger charge is 2.11. The van der Waals surface area contributed by atoms with E-state index in [1.807, 2.05) is 72.8 Å². The quantitative estimate of drug-likeness (QED) is 0.407. The Morgan fingerprint density at radius 3 is 2.36 bits per heavy atom. The first kappa shape index (κ1) is 15.5. The lowest BCUT2D eigenvalue weighted by atomic mass is 10.2. The first-order valence-electron chi connectivity index (χ1n) is 7.80. The number of benzene rings is 2. The van der Waals surface area contributed by atoms with Gasteiger partial charge in [-0.3, -0.25) is 4.79 Å². The van der Waals surface area contributed by atoms with Crippen LogP contribution < -0.4 is 0 Å². The molecule has 0 aliphatic rings. The number of hydrogen-bond acceptors (Lipinski definition) is 5. The Kier molecular flexibility index (Phi) is 4.26. The molecule has 0 saturated heterocycles. The second-order valence-corrected chi connectivity index (χ2v) is 6.40. The van der Waals surface area contributed by atoms with Gasteiger partial charge in [-0.2, -0.15) is 9.61 Å². The van der Waals surface area contributed by atoms with Crippen molar-refractivity contribution in [2.45, 2.75) is 5.03 Å². The molecule has 2 heterocycles. The first-order chi connectivity index (χ1) is 12.3. The zero-order valence-corrected chi connectivity index (χ0v) is 14.1. The second kappa shape index (κ2) is 6.86. The summed E-state index contributed by atoms with van der Waals surface area (Å²) in [5.74, 6) is 1.11. The molecule has 0 bridgehead atoms. The molecule has 2 aromatic carbocycles. The highest BCUT2D eigenvalue weighted by molar-refractivity contribution is 7.99. The molecular formula is C19H14N4OS. The van der Waals surface area contributed by atoms with Crippen LogP contribution in [-0.4, -0.2) is 31.3 Å². The zero-order valence-electron chi connectivity index (χ0n) is 13.2.